The SMILES string of the molecule is CC(C)c1cc(C#N)cc(C(C)C)c1CC(=O)NS(=O)c1ncc(C(C)O)s1. The molecule has 0 bridgehead atoms. The number of aliphatic hydroxyl groups excluding tert-OH is 1. The van der Waals surface area contributed by atoms with Gasteiger partial charge in [0, 0.05) is 6.20 Å². The van der Waals surface area contributed by atoms with E-state index >= 15 is 0 Å². The molecule has 1 amide bonds. The maximum absolute atomic E-state index is 12.6. The first-order valence-corrected chi connectivity index (χ1v) is 11.0. The summed E-state index contributed by atoms with van der Waals surface area (Å²) in [7, 11) is -1.78. The largest absolute Gasteiger partial charge is 0.388 e. The van der Waals surface area contributed by atoms with Gasteiger partial charge in [-0.15, -0.1) is 11.3 Å². The highest BCUT2D eigenvalue weighted by Gasteiger charge is 2.20. The molecular formula is C20H25N3O3S2. The van der Waals surface area contributed by atoms with Gasteiger partial charge in [0.15, 0.2) is 11.0 Å². The number of aromatic nitrogens is 1. The molecule has 6 nitrogen and oxygen atoms in total. The smallest absolute Gasteiger partial charge is 0.236 e. The van der Waals surface area contributed by atoms with Crippen LogP contribution < -0.4 is 4.72 Å². The van der Waals surface area contributed by atoms with Gasteiger partial charge in [-0.2, -0.15) is 5.26 Å². The first-order chi connectivity index (χ1) is 13.1. The highest BCUT2D eigenvalue weighted by atomic mass is 32.2. The molecule has 8 heteroatoms. The molecule has 150 valence electrons. The molecular weight excluding hydrogens is 394 g/mol. The summed E-state index contributed by atoms with van der Waals surface area (Å²) in [6.07, 6.45) is 0.843. The van der Waals surface area contributed by atoms with E-state index in [4.69, 9.17) is 0 Å². The third-order valence-corrected chi connectivity index (χ3v) is 6.81. The predicted octanol–water partition coefficient (Wildman–Crippen LogP) is 3.70. The third kappa shape index (κ3) is 5.25. The van der Waals surface area contributed by atoms with Crippen LogP contribution in [-0.4, -0.2) is 20.2 Å². The summed E-state index contributed by atoms with van der Waals surface area (Å²) in [5, 5.41) is 18.9. The van der Waals surface area contributed by atoms with Crippen molar-refractivity contribution >= 4 is 28.2 Å². The Hall–Kier alpha value is -2.08. The number of nitrogens with one attached hydrogen (secondary N) is 1. The molecule has 0 aliphatic rings. The third-order valence-electron chi connectivity index (χ3n) is 4.31. The van der Waals surface area contributed by atoms with Crippen molar-refractivity contribution in [2.75, 3.05) is 0 Å². The molecule has 0 aliphatic heterocycles. The number of carbonyl (C=O) groups is 1. The minimum atomic E-state index is -1.78. The summed E-state index contributed by atoms with van der Waals surface area (Å²) in [5.41, 5.74) is 3.36. The van der Waals surface area contributed by atoms with E-state index in [1.807, 2.05) is 39.8 Å². The van der Waals surface area contributed by atoms with Crippen LogP contribution in [0.1, 0.15) is 79.7 Å². The second-order valence-corrected chi connectivity index (χ2v) is 9.68. The number of nitriles is 1. The van der Waals surface area contributed by atoms with Crippen LogP contribution in [-0.2, 0) is 22.2 Å². The summed E-state index contributed by atoms with van der Waals surface area (Å²) < 4.78 is 15.2. The normalized spacial score (nSPS) is 13.4. The fourth-order valence-electron chi connectivity index (χ4n) is 2.91. The summed E-state index contributed by atoms with van der Waals surface area (Å²) >= 11 is 1.11. The van der Waals surface area contributed by atoms with Crippen LogP contribution in [0.5, 0.6) is 0 Å². The minimum Gasteiger partial charge on any atom is -0.388 e. The molecule has 0 aliphatic carbocycles. The number of thiazole rings is 1. The lowest BCUT2D eigenvalue weighted by atomic mass is 9.85. The Morgan fingerprint density at radius 3 is 2.25 bits per heavy atom. The van der Waals surface area contributed by atoms with Crippen LogP contribution in [0.2, 0.25) is 0 Å². The predicted molar refractivity (Wildman–Crippen MR) is 110 cm³/mol. The molecule has 0 radical (unpaired) electrons. The van der Waals surface area contributed by atoms with E-state index in [1.165, 1.54) is 6.20 Å². The monoisotopic (exact) mass is 419 g/mol. The summed E-state index contributed by atoms with van der Waals surface area (Å²) in [6, 6.07) is 5.84. The van der Waals surface area contributed by atoms with Crippen molar-refractivity contribution in [3.8, 4) is 6.07 Å². The van der Waals surface area contributed by atoms with Gasteiger partial charge in [0.05, 0.1) is 29.0 Å². The topological polar surface area (TPSA) is 103 Å². The van der Waals surface area contributed by atoms with Crippen LogP contribution in [0.4, 0.5) is 0 Å². The molecule has 1 aromatic carbocycles. The molecule has 2 N–H and O–H groups in total. The number of carbonyl (C=O) groups excluding carboxylic acids is 1. The van der Waals surface area contributed by atoms with Gasteiger partial charge in [-0.3, -0.25) is 9.52 Å². The Bertz CT molecular complexity index is 898. The van der Waals surface area contributed by atoms with E-state index in [2.05, 4.69) is 15.8 Å². The second kappa shape index (κ2) is 9.41. The highest BCUT2D eigenvalue weighted by molar-refractivity contribution is 7.85. The average Bonchev–Trinajstić information content (AvgIpc) is 3.11. The van der Waals surface area contributed by atoms with Gasteiger partial charge in [-0.05, 0) is 47.6 Å². The van der Waals surface area contributed by atoms with E-state index in [0.717, 1.165) is 28.0 Å². The number of hydrogen-bond acceptors (Lipinski definition) is 6. The molecule has 2 unspecified atom stereocenters. The van der Waals surface area contributed by atoms with Crippen LogP contribution in [0, 0.1) is 11.3 Å². The lowest BCUT2D eigenvalue weighted by molar-refractivity contribution is -0.118. The number of aliphatic hydroxyl groups is 1. The zero-order valence-electron chi connectivity index (χ0n) is 16.6. The Labute approximate surface area is 172 Å². The van der Waals surface area contributed by atoms with Crippen LogP contribution in [0.25, 0.3) is 0 Å². The molecule has 2 rings (SSSR count). The molecule has 0 saturated heterocycles. The van der Waals surface area contributed by atoms with E-state index in [1.54, 1.807) is 6.92 Å². The van der Waals surface area contributed by atoms with E-state index < -0.39 is 17.1 Å². The molecule has 28 heavy (non-hydrogen) atoms. The minimum absolute atomic E-state index is 0.0765. The Morgan fingerprint density at radius 2 is 1.82 bits per heavy atom. The second-order valence-electron chi connectivity index (χ2n) is 7.23. The number of benzene rings is 1. The van der Waals surface area contributed by atoms with Crippen LogP contribution >= 0.6 is 11.3 Å². The Kier molecular flexibility index (Phi) is 7.47. The zero-order chi connectivity index (χ0) is 21.0. The van der Waals surface area contributed by atoms with Crippen molar-refractivity contribution in [1.82, 2.24) is 9.71 Å². The first-order valence-electron chi connectivity index (χ1n) is 9.05. The molecule has 0 fully saturated rings. The van der Waals surface area contributed by atoms with Crippen LogP contribution in [0.15, 0.2) is 22.7 Å². The van der Waals surface area contributed by atoms with Crippen molar-refractivity contribution in [3.63, 3.8) is 0 Å². The van der Waals surface area contributed by atoms with Crippen molar-refractivity contribution in [3.05, 3.63) is 45.5 Å². The molecule has 0 spiro atoms. The van der Waals surface area contributed by atoms with Crippen LogP contribution in [0.3, 0.4) is 0 Å². The van der Waals surface area contributed by atoms with Crippen molar-refractivity contribution in [1.29, 1.82) is 5.26 Å². The standard InChI is InChI=1S/C20H25N3O3S2/c1-11(2)15-6-14(9-21)7-16(12(3)4)17(15)8-19(25)23-28(26)20-22-10-18(27-20)13(5)24/h6-7,10-13,24H,8H2,1-5H3,(H,23,25). The maximum atomic E-state index is 12.6. The lowest BCUT2D eigenvalue weighted by Crippen LogP contribution is -2.28. The summed E-state index contributed by atoms with van der Waals surface area (Å²) in [5.74, 6) is -0.0843. The Balaban J connectivity index is 2.27. The van der Waals surface area contributed by atoms with Gasteiger partial charge in [0.2, 0.25) is 10.2 Å². The zero-order valence-corrected chi connectivity index (χ0v) is 18.3. The van der Waals surface area contributed by atoms with Gasteiger partial charge in [0.25, 0.3) is 0 Å². The van der Waals surface area contributed by atoms with Crippen molar-refractivity contribution in [2.24, 2.45) is 0 Å². The number of amides is 1. The maximum Gasteiger partial charge on any atom is 0.236 e. The lowest BCUT2D eigenvalue weighted by Gasteiger charge is -2.20. The van der Waals surface area contributed by atoms with Gasteiger partial charge < -0.3 is 5.11 Å². The fraction of sp³-hybridized carbons (Fsp3) is 0.450. The average molecular weight is 420 g/mol. The first kappa shape index (κ1) is 22.2. The van der Waals surface area contributed by atoms with Crippen molar-refractivity contribution in [2.45, 2.75) is 63.3 Å². The fourth-order valence-corrected chi connectivity index (χ4v) is 4.72. The van der Waals surface area contributed by atoms with Gasteiger partial charge in [-0.25, -0.2) is 9.19 Å². The van der Waals surface area contributed by atoms with E-state index in [9.17, 15) is 19.4 Å². The van der Waals surface area contributed by atoms with Gasteiger partial charge in [0.1, 0.15) is 0 Å². The van der Waals surface area contributed by atoms with Crippen molar-refractivity contribution < 1.29 is 14.1 Å². The van der Waals surface area contributed by atoms with E-state index in [0.29, 0.717) is 10.4 Å². The number of hydrogen-bond donors (Lipinski definition) is 2. The molecule has 1 aromatic heterocycles. The summed E-state index contributed by atoms with van der Waals surface area (Å²) in [4.78, 5) is 17.2. The molecule has 1 heterocycles. The van der Waals surface area contributed by atoms with Gasteiger partial charge in [-0.1, -0.05) is 27.7 Å². The Morgan fingerprint density at radius 1 is 1.25 bits per heavy atom. The van der Waals surface area contributed by atoms with Gasteiger partial charge >= 0.3 is 0 Å². The molecule has 0 saturated carbocycles. The summed E-state index contributed by atoms with van der Waals surface area (Å²) in [6.45, 7) is 9.69. The molecule has 2 atom stereocenters. The number of nitrogens with zero attached hydrogens (tertiary/aromatic N) is 2. The molecule has 2 aromatic rings. The quantitative estimate of drug-likeness (QED) is 0.712. The van der Waals surface area contributed by atoms with E-state index in [-0.39, 0.29) is 28.5 Å². The highest BCUT2D eigenvalue weighted by Crippen LogP contribution is 2.30. The number of rotatable bonds is 7.